The highest BCUT2D eigenvalue weighted by Gasteiger charge is 2.30. The highest BCUT2D eigenvalue weighted by Crippen LogP contribution is 2.31. The van der Waals surface area contributed by atoms with E-state index in [1.807, 2.05) is 71.8 Å². The third-order valence-corrected chi connectivity index (χ3v) is 8.21. The van der Waals surface area contributed by atoms with Gasteiger partial charge in [0.15, 0.2) is 0 Å². The molecule has 0 aliphatic heterocycles. The number of aryl methyl sites for hydroxylation is 1. The largest absolute Gasteiger partial charge is 0.351 e. The molecule has 0 atom stereocenters. The molecule has 230 valence electrons. The summed E-state index contributed by atoms with van der Waals surface area (Å²) >= 11 is 0. The first-order valence-electron chi connectivity index (χ1n) is 15.2. The molecule has 2 N–H and O–H groups in total. The van der Waals surface area contributed by atoms with Crippen molar-refractivity contribution in [1.82, 2.24) is 29.8 Å². The minimum absolute atomic E-state index is 0.0175. The summed E-state index contributed by atoms with van der Waals surface area (Å²) in [6, 6.07) is 23.2. The van der Waals surface area contributed by atoms with E-state index < -0.39 is 0 Å². The van der Waals surface area contributed by atoms with Gasteiger partial charge in [0.05, 0.1) is 17.5 Å². The Kier molecular flexibility index (Phi) is 9.06. The van der Waals surface area contributed by atoms with Crippen LogP contribution in [0.15, 0.2) is 103 Å². The maximum atomic E-state index is 13.8. The molecular formula is C35H33N9O2. The molecule has 0 radical (unpaired) electrons. The predicted molar refractivity (Wildman–Crippen MR) is 176 cm³/mol. The Hall–Kier alpha value is -5.89. The van der Waals surface area contributed by atoms with Crippen LogP contribution in [0.25, 0.3) is 22.4 Å². The van der Waals surface area contributed by atoms with Gasteiger partial charge in [-0.2, -0.15) is 5.26 Å². The molecule has 2 amide bonds. The minimum Gasteiger partial charge on any atom is -0.351 e. The van der Waals surface area contributed by atoms with Gasteiger partial charge in [-0.25, -0.2) is 24.7 Å². The van der Waals surface area contributed by atoms with Crippen molar-refractivity contribution in [2.24, 2.45) is 7.05 Å². The van der Waals surface area contributed by atoms with Gasteiger partial charge in [0.25, 0.3) is 0 Å². The van der Waals surface area contributed by atoms with E-state index >= 15 is 0 Å². The Balaban J connectivity index is 1.18. The number of urea groups is 1. The number of amides is 2. The van der Waals surface area contributed by atoms with E-state index in [0.717, 1.165) is 48.1 Å². The molecule has 3 heterocycles. The standard InChI is InChI=1S/C35H33N9O2/c1-43-22-26(9-16-32(43)45)25-7-12-30(13-8-25)44(35(46)40-18-24-5-3-2-4-6-24)31-14-10-29(11-15-31)41-34-39-21-27(17-36)33(42-34)28-19-37-23-38-20-28/h2-9,12-13,16,19-23,29,31H,10-11,14-15,18H2,1H3,(H,40,46)(H,39,41,42). The van der Waals surface area contributed by atoms with Crippen LogP contribution in [0.4, 0.5) is 16.4 Å². The fourth-order valence-corrected chi connectivity index (χ4v) is 5.77. The van der Waals surface area contributed by atoms with Crippen LogP contribution in [-0.4, -0.2) is 42.6 Å². The monoisotopic (exact) mass is 611 g/mol. The van der Waals surface area contributed by atoms with Gasteiger partial charge in [0, 0.05) is 61.6 Å². The Bertz CT molecular complexity index is 1900. The van der Waals surface area contributed by atoms with Crippen LogP contribution in [0.5, 0.6) is 0 Å². The van der Waals surface area contributed by atoms with Gasteiger partial charge < -0.3 is 15.2 Å². The van der Waals surface area contributed by atoms with Crippen molar-refractivity contribution < 1.29 is 4.79 Å². The molecule has 11 heteroatoms. The zero-order valence-electron chi connectivity index (χ0n) is 25.4. The van der Waals surface area contributed by atoms with Gasteiger partial charge in [0.2, 0.25) is 11.5 Å². The number of benzene rings is 2. The quantitative estimate of drug-likeness (QED) is 0.240. The second-order valence-corrected chi connectivity index (χ2v) is 11.3. The summed E-state index contributed by atoms with van der Waals surface area (Å²) in [5, 5.41) is 16.1. The molecular weight excluding hydrogens is 578 g/mol. The Morgan fingerprint density at radius 3 is 2.35 bits per heavy atom. The number of anilines is 2. The molecule has 1 aliphatic rings. The van der Waals surface area contributed by atoms with Crippen molar-refractivity contribution in [2.45, 2.75) is 44.3 Å². The molecule has 2 aromatic carbocycles. The third-order valence-electron chi connectivity index (χ3n) is 8.21. The zero-order valence-corrected chi connectivity index (χ0v) is 25.4. The summed E-state index contributed by atoms with van der Waals surface area (Å²) in [4.78, 5) is 44.6. The Morgan fingerprint density at radius 1 is 0.935 bits per heavy atom. The fourth-order valence-electron chi connectivity index (χ4n) is 5.77. The van der Waals surface area contributed by atoms with Gasteiger partial charge >= 0.3 is 6.03 Å². The van der Waals surface area contributed by atoms with Crippen LogP contribution in [-0.2, 0) is 13.6 Å². The summed E-state index contributed by atoms with van der Waals surface area (Å²) in [6.45, 7) is 0.425. The van der Waals surface area contributed by atoms with Gasteiger partial charge in [-0.3, -0.25) is 9.69 Å². The highest BCUT2D eigenvalue weighted by atomic mass is 16.2. The Labute approximate surface area is 266 Å². The predicted octanol–water partition coefficient (Wildman–Crippen LogP) is 5.31. The number of carbonyl (C=O) groups is 1. The van der Waals surface area contributed by atoms with Gasteiger partial charge in [-0.05, 0) is 60.6 Å². The summed E-state index contributed by atoms with van der Waals surface area (Å²) in [5.74, 6) is 0.438. The lowest BCUT2D eigenvalue weighted by molar-refractivity contribution is 0.240. The van der Waals surface area contributed by atoms with Crippen LogP contribution >= 0.6 is 0 Å². The molecule has 1 aliphatic carbocycles. The van der Waals surface area contributed by atoms with E-state index in [-0.39, 0.29) is 23.7 Å². The lowest BCUT2D eigenvalue weighted by atomic mass is 9.90. The topological polar surface area (TPSA) is 142 Å². The lowest BCUT2D eigenvalue weighted by Crippen LogP contribution is -2.48. The van der Waals surface area contributed by atoms with Gasteiger partial charge in [-0.15, -0.1) is 0 Å². The number of nitrogens with one attached hydrogen (secondary N) is 2. The van der Waals surface area contributed by atoms with Crippen molar-refractivity contribution in [2.75, 3.05) is 10.2 Å². The van der Waals surface area contributed by atoms with E-state index in [4.69, 9.17) is 0 Å². The average molecular weight is 612 g/mol. The van der Waals surface area contributed by atoms with E-state index in [1.165, 1.54) is 12.5 Å². The zero-order chi connectivity index (χ0) is 31.9. The van der Waals surface area contributed by atoms with E-state index in [9.17, 15) is 14.9 Å². The van der Waals surface area contributed by atoms with Gasteiger partial charge in [0.1, 0.15) is 12.4 Å². The molecule has 3 aromatic heterocycles. The van der Waals surface area contributed by atoms with Crippen molar-refractivity contribution in [1.29, 1.82) is 5.26 Å². The molecule has 0 bridgehead atoms. The maximum absolute atomic E-state index is 13.8. The lowest BCUT2D eigenvalue weighted by Gasteiger charge is -2.37. The second kappa shape index (κ2) is 13.8. The molecule has 11 nitrogen and oxygen atoms in total. The molecule has 6 rings (SSSR count). The highest BCUT2D eigenvalue weighted by molar-refractivity contribution is 5.93. The molecule has 0 spiro atoms. The fraction of sp³-hybridized carbons (Fsp3) is 0.229. The molecule has 1 saturated carbocycles. The van der Waals surface area contributed by atoms with Crippen molar-refractivity contribution in [3.05, 3.63) is 119 Å². The van der Waals surface area contributed by atoms with Crippen LogP contribution in [0.2, 0.25) is 0 Å². The van der Waals surface area contributed by atoms with E-state index in [0.29, 0.717) is 29.3 Å². The number of rotatable bonds is 8. The normalized spacial score (nSPS) is 15.8. The van der Waals surface area contributed by atoms with Crippen LogP contribution in [0, 0.1) is 11.3 Å². The first-order valence-corrected chi connectivity index (χ1v) is 15.2. The number of aromatic nitrogens is 5. The van der Waals surface area contributed by atoms with E-state index in [2.05, 4.69) is 36.6 Å². The Morgan fingerprint density at radius 2 is 1.65 bits per heavy atom. The molecule has 5 aromatic rings. The first kappa shape index (κ1) is 30.1. The number of pyridine rings is 1. The van der Waals surface area contributed by atoms with E-state index in [1.54, 1.807) is 30.1 Å². The van der Waals surface area contributed by atoms with Crippen LogP contribution in [0.1, 0.15) is 36.8 Å². The molecule has 0 saturated heterocycles. The minimum atomic E-state index is -0.153. The van der Waals surface area contributed by atoms with Crippen molar-refractivity contribution in [3.63, 3.8) is 0 Å². The summed E-state index contributed by atoms with van der Waals surface area (Å²) in [7, 11) is 1.73. The average Bonchev–Trinajstić information content (AvgIpc) is 3.10. The SMILES string of the molecule is Cn1cc(-c2ccc(N(C(=O)NCc3ccccc3)C3CCC(Nc4ncc(C#N)c(-c5cncnc5)n4)CC3)cc2)ccc1=O. The number of hydrogen-bond acceptors (Lipinski definition) is 8. The van der Waals surface area contributed by atoms with Crippen molar-refractivity contribution >= 4 is 17.7 Å². The second-order valence-electron chi connectivity index (χ2n) is 11.3. The number of carbonyl (C=O) groups excluding carboxylic acids is 1. The first-order chi connectivity index (χ1) is 22.5. The van der Waals surface area contributed by atoms with Crippen molar-refractivity contribution in [3.8, 4) is 28.5 Å². The smallest absolute Gasteiger partial charge is 0.322 e. The van der Waals surface area contributed by atoms with Crippen LogP contribution in [0.3, 0.4) is 0 Å². The summed E-state index contributed by atoms with van der Waals surface area (Å²) < 4.78 is 1.55. The molecule has 1 fully saturated rings. The number of nitrogens with zero attached hydrogens (tertiary/aromatic N) is 7. The summed E-state index contributed by atoms with van der Waals surface area (Å²) in [6.07, 6.45) is 11.1. The number of nitriles is 1. The molecule has 0 unspecified atom stereocenters. The summed E-state index contributed by atoms with van der Waals surface area (Å²) in [5.41, 5.74) is 5.13. The van der Waals surface area contributed by atoms with Gasteiger partial charge in [-0.1, -0.05) is 42.5 Å². The maximum Gasteiger partial charge on any atom is 0.322 e. The number of hydrogen-bond donors (Lipinski definition) is 2. The third kappa shape index (κ3) is 6.92. The van der Waals surface area contributed by atoms with Crippen LogP contribution < -0.4 is 21.1 Å². The molecule has 46 heavy (non-hydrogen) atoms.